The Bertz CT molecular complexity index is 1260. The Balaban J connectivity index is 1.37. The van der Waals surface area contributed by atoms with Gasteiger partial charge >= 0.3 is 0 Å². The first kappa shape index (κ1) is 22.0. The van der Waals surface area contributed by atoms with Crippen LogP contribution in [0.1, 0.15) is 6.92 Å². The van der Waals surface area contributed by atoms with Gasteiger partial charge in [0.25, 0.3) is 0 Å². The summed E-state index contributed by atoms with van der Waals surface area (Å²) in [5.41, 5.74) is 1.92. The molecule has 0 aliphatic rings. The SMILES string of the molecule is CC(=O)Nc1cccc(-n2nnnc2SCC(=O)Nc2cccc(Oc3ccccc3)c2)c1. The maximum Gasteiger partial charge on any atom is 0.234 e. The highest BCUT2D eigenvalue weighted by molar-refractivity contribution is 7.99. The van der Waals surface area contributed by atoms with Gasteiger partial charge in [-0.15, -0.1) is 5.10 Å². The molecule has 3 aromatic carbocycles. The summed E-state index contributed by atoms with van der Waals surface area (Å²) in [4.78, 5) is 23.8. The van der Waals surface area contributed by atoms with Crippen molar-refractivity contribution >= 4 is 35.0 Å². The van der Waals surface area contributed by atoms with Gasteiger partial charge in [0.1, 0.15) is 11.5 Å². The summed E-state index contributed by atoms with van der Waals surface area (Å²) in [6, 6.07) is 23.7. The van der Waals surface area contributed by atoms with Gasteiger partial charge in [0, 0.05) is 24.4 Å². The lowest BCUT2D eigenvalue weighted by atomic mass is 10.3. The third kappa shape index (κ3) is 6.17. The monoisotopic (exact) mass is 460 g/mol. The zero-order valence-corrected chi connectivity index (χ0v) is 18.5. The number of nitrogens with one attached hydrogen (secondary N) is 2. The first-order valence-electron chi connectivity index (χ1n) is 9.99. The molecule has 0 radical (unpaired) electrons. The van der Waals surface area contributed by atoms with Crippen molar-refractivity contribution in [3.63, 3.8) is 0 Å². The van der Waals surface area contributed by atoms with Crippen LogP contribution in [0.15, 0.2) is 84.0 Å². The van der Waals surface area contributed by atoms with Crippen LogP contribution in [-0.4, -0.2) is 37.8 Å². The zero-order chi connectivity index (χ0) is 23.0. The largest absolute Gasteiger partial charge is 0.457 e. The molecule has 1 aromatic heterocycles. The second-order valence-corrected chi connectivity index (χ2v) is 7.83. The number of carbonyl (C=O) groups is 2. The van der Waals surface area contributed by atoms with E-state index in [4.69, 9.17) is 4.74 Å². The lowest BCUT2D eigenvalue weighted by molar-refractivity contribution is -0.114. The molecule has 0 saturated carbocycles. The fourth-order valence-corrected chi connectivity index (χ4v) is 3.63. The molecule has 2 amide bonds. The third-order valence-corrected chi connectivity index (χ3v) is 5.20. The van der Waals surface area contributed by atoms with E-state index >= 15 is 0 Å². The van der Waals surface area contributed by atoms with Gasteiger partial charge in [0.2, 0.25) is 17.0 Å². The number of para-hydroxylation sites is 1. The van der Waals surface area contributed by atoms with Crippen LogP contribution in [0.3, 0.4) is 0 Å². The van der Waals surface area contributed by atoms with Crippen molar-refractivity contribution in [1.29, 1.82) is 0 Å². The first-order chi connectivity index (χ1) is 16.1. The van der Waals surface area contributed by atoms with Crippen LogP contribution in [0.5, 0.6) is 11.5 Å². The van der Waals surface area contributed by atoms with Gasteiger partial charge in [-0.25, -0.2) is 0 Å². The first-order valence-corrected chi connectivity index (χ1v) is 11.0. The van der Waals surface area contributed by atoms with E-state index in [2.05, 4.69) is 26.2 Å². The summed E-state index contributed by atoms with van der Waals surface area (Å²) in [7, 11) is 0. The molecule has 9 nitrogen and oxygen atoms in total. The van der Waals surface area contributed by atoms with Crippen molar-refractivity contribution in [3.05, 3.63) is 78.9 Å². The molecule has 10 heteroatoms. The summed E-state index contributed by atoms with van der Waals surface area (Å²) in [6.45, 7) is 1.44. The van der Waals surface area contributed by atoms with E-state index < -0.39 is 0 Å². The van der Waals surface area contributed by atoms with Crippen LogP contribution in [0.2, 0.25) is 0 Å². The predicted octanol–water partition coefficient (Wildman–Crippen LogP) is 4.14. The number of amides is 2. The molecule has 4 aromatic rings. The molecule has 2 N–H and O–H groups in total. The molecule has 0 spiro atoms. The van der Waals surface area contributed by atoms with E-state index in [1.807, 2.05) is 48.5 Å². The van der Waals surface area contributed by atoms with Crippen molar-refractivity contribution in [2.24, 2.45) is 0 Å². The highest BCUT2D eigenvalue weighted by Crippen LogP contribution is 2.25. The minimum atomic E-state index is -0.210. The van der Waals surface area contributed by atoms with Gasteiger partial charge < -0.3 is 15.4 Å². The fraction of sp³-hybridized carbons (Fsp3) is 0.0870. The van der Waals surface area contributed by atoms with E-state index in [1.54, 1.807) is 30.3 Å². The number of anilines is 2. The Hall–Kier alpha value is -4.18. The lowest BCUT2D eigenvalue weighted by Gasteiger charge is -2.09. The highest BCUT2D eigenvalue weighted by Gasteiger charge is 2.13. The minimum absolute atomic E-state index is 0.107. The normalized spacial score (nSPS) is 10.5. The Kier molecular flexibility index (Phi) is 6.96. The summed E-state index contributed by atoms with van der Waals surface area (Å²) in [5, 5.41) is 17.7. The van der Waals surface area contributed by atoms with E-state index in [-0.39, 0.29) is 17.6 Å². The third-order valence-electron chi connectivity index (χ3n) is 4.28. The molecule has 33 heavy (non-hydrogen) atoms. The Morgan fingerprint density at radius 2 is 1.64 bits per heavy atom. The molecule has 166 valence electrons. The van der Waals surface area contributed by atoms with Crippen LogP contribution in [-0.2, 0) is 9.59 Å². The maximum atomic E-state index is 12.5. The van der Waals surface area contributed by atoms with Crippen molar-refractivity contribution in [2.45, 2.75) is 12.1 Å². The molecule has 0 aliphatic heterocycles. The van der Waals surface area contributed by atoms with Gasteiger partial charge in [-0.3, -0.25) is 9.59 Å². The van der Waals surface area contributed by atoms with Gasteiger partial charge in [-0.2, -0.15) is 4.68 Å². The van der Waals surface area contributed by atoms with Crippen LogP contribution < -0.4 is 15.4 Å². The summed E-state index contributed by atoms with van der Waals surface area (Å²) < 4.78 is 7.32. The molecule has 0 bridgehead atoms. The van der Waals surface area contributed by atoms with Gasteiger partial charge in [-0.05, 0) is 52.9 Å². The number of nitrogens with zero attached hydrogens (tertiary/aromatic N) is 4. The zero-order valence-electron chi connectivity index (χ0n) is 17.6. The van der Waals surface area contributed by atoms with E-state index in [0.29, 0.717) is 33.7 Å². The number of benzene rings is 3. The molecular weight excluding hydrogens is 440 g/mol. The summed E-state index contributed by atoms with van der Waals surface area (Å²) in [6.07, 6.45) is 0. The Morgan fingerprint density at radius 1 is 0.909 bits per heavy atom. The van der Waals surface area contributed by atoms with Crippen LogP contribution >= 0.6 is 11.8 Å². The number of carbonyl (C=O) groups excluding carboxylic acids is 2. The predicted molar refractivity (Wildman–Crippen MR) is 126 cm³/mol. The lowest BCUT2D eigenvalue weighted by Crippen LogP contribution is -2.14. The Labute approximate surface area is 194 Å². The summed E-state index contributed by atoms with van der Waals surface area (Å²) in [5.74, 6) is 1.06. The highest BCUT2D eigenvalue weighted by atomic mass is 32.2. The molecule has 0 unspecified atom stereocenters. The van der Waals surface area contributed by atoms with Gasteiger partial charge in [0.05, 0.1) is 11.4 Å². The average molecular weight is 461 g/mol. The van der Waals surface area contributed by atoms with E-state index in [0.717, 1.165) is 0 Å². The number of hydrogen-bond donors (Lipinski definition) is 2. The maximum absolute atomic E-state index is 12.5. The smallest absolute Gasteiger partial charge is 0.234 e. The quantitative estimate of drug-likeness (QED) is 0.380. The van der Waals surface area contributed by atoms with Crippen molar-refractivity contribution < 1.29 is 14.3 Å². The number of rotatable bonds is 8. The van der Waals surface area contributed by atoms with E-state index in [9.17, 15) is 9.59 Å². The van der Waals surface area contributed by atoms with E-state index in [1.165, 1.54) is 23.4 Å². The number of tetrazole rings is 1. The molecule has 0 saturated heterocycles. The molecule has 0 atom stereocenters. The standard InChI is InChI=1S/C23H20N6O3S/c1-16(30)24-17-7-5-9-19(13-17)29-23(26-27-28-29)33-15-22(31)25-18-8-6-12-21(14-18)32-20-10-3-2-4-11-20/h2-14H,15H2,1H3,(H,24,30)(H,25,31). The minimum Gasteiger partial charge on any atom is -0.457 e. The molecule has 0 fully saturated rings. The summed E-state index contributed by atoms with van der Waals surface area (Å²) >= 11 is 1.20. The van der Waals surface area contributed by atoms with Gasteiger partial charge in [0.15, 0.2) is 0 Å². The second kappa shape index (κ2) is 10.4. The number of thioether (sulfide) groups is 1. The van der Waals surface area contributed by atoms with Crippen molar-refractivity contribution in [3.8, 4) is 17.2 Å². The van der Waals surface area contributed by atoms with Crippen LogP contribution in [0.25, 0.3) is 5.69 Å². The number of ether oxygens (including phenoxy) is 1. The topological polar surface area (TPSA) is 111 Å². The second-order valence-electron chi connectivity index (χ2n) is 6.88. The number of aromatic nitrogens is 4. The molecular formula is C23H20N6O3S. The van der Waals surface area contributed by atoms with Crippen molar-refractivity contribution in [2.75, 3.05) is 16.4 Å². The Morgan fingerprint density at radius 3 is 2.42 bits per heavy atom. The molecule has 1 heterocycles. The fourth-order valence-electron chi connectivity index (χ4n) is 2.94. The van der Waals surface area contributed by atoms with Crippen molar-refractivity contribution in [1.82, 2.24) is 20.2 Å². The van der Waals surface area contributed by atoms with Crippen LogP contribution in [0, 0.1) is 0 Å². The average Bonchev–Trinajstić information content (AvgIpc) is 3.27. The number of hydrogen-bond acceptors (Lipinski definition) is 7. The molecule has 0 aliphatic carbocycles. The van der Waals surface area contributed by atoms with Crippen LogP contribution in [0.4, 0.5) is 11.4 Å². The van der Waals surface area contributed by atoms with Gasteiger partial charge in [-0.1, -0.05) is 42.1 Å². The molecule has 4 rings (SSSR count).